The van der Waals surface area contributed by atoms with Crippen LogP contribution >= 0.6 is 11.3 Å². The van der Waals surface area contributed by atoms with Gasteiger partial charge < -0.3 is 5.32 Å². The summed E-state index contributed by atoms with van der Waals surface area (Å²) in [5, 5.41) is 3.18. The van der Waals surface area contributed by atoms with Crippen LogP contribution in [0.2, 0.25) is 0 Å². The molecule has 0 saturated heterocycles. The van der Waals surface area contributed by atoms with Gasteiger partial charge in [0.15, 0.2) is 0 Å². The number of hydrogen-bond acceptors (Lipinski definition) is 4. The highest BCUT2D eigenvalue weighted by atomic mass is 32.1. The number of hydrogen-bond donors (Lipinski definition) is 1. The highest BCUT2D eigenvalue weighted by Crippen LogP contribution is 2.25. The Morgan fingerprint density at radius 3 is 2.83 bits per heavy atom. The first-order valence-corrected chi connectivity index (χ1v) is 8.24. The van der Waals surface area contributed by atoms with E-state index in [1.165, 1.54) is 28.3 Å². The highest BCUT2D eigenvalue weighted by Gasteiger charge is 2.13. The van der Waals surface area contributed by atoms with Gasteiger partial charge >= 0.3 is 0 Å². The fraction of sp³-hybridized carbons (Fsp3) is 0.235. The number of nitrogens with one attached hydrogen (secondary N) is 1. The number of fused-ring (bicyclic) bond motifs is 1. The molecule has 0 aliphatic heterocycles. The van der Waals surface area contributed by atoms with E-state index in [1.54, 1.807) is 18.2 Å². The second-order valence-electron chi connectivity index (χ2n) is 5.51. The third-order valence-corrected chi connectivity index (χ3v) is 5.02. The third kappa shape index (κ3) is 3.07. The Labute approximate surface area is 141 Å². The number of rotatable bonds is 4. The number of carbonyl (C=O) groups is 1. The molecule has 124 valence electrons. The molecule has 0 aliphatic rings. The zero-order chi connectivity index (χ0) is 17.3. The Bertz CT molecular complexity index is 978. The summed E-state index contributed by atoms with van der Waals surface area (Å²) in [6.07, 6.45) is 1.38. The van der Waals surface area contributed by atoms with E-state index in [1.807, 2.05) is 13.8 Å². The van der Waals surface area contributed by atoms with Gasteiger partial charge in [0.05, 0.1) is 11.7 Å². The van der Waals surface area contributed by atoms with Gasteiger partial charge in [-0.05, 0) is 25.5 Å². The molecule has 0 atom stereocenters. The number of benzene rings is 1. The van der Waals surface area contributed by atoms with Crippen molar-refractivity contribution in [1.82, 2.24) is 14.9 Å². The number of thiophene rings is 1. The summed E-state index contributed by atoms with van der Waals surface area (Å²) in [5.41, 5.74) is 1.06. The van der Waals surface area contributed by atoms with Crippen LogP contribution < -0.4 is 10.9 Å². The van der Waals surface area contributed by atoms with Gasteiger partial charge in [0.25, 0.3) is 5.56 Å². The fourth-order valence-corrected chi connectivity index (χ4v) is 3.42. The summed E-state index contributed by atoms with van der Waals surface area (Å²) in [6.45, 7) is 3.74. The lowest BCUT2D eigenvalue weighted by Crippen LogP contribution is -2.32. The fourth-order valence-electron chi connectivity index (χ4n) is 2.43. The van der Waals surface area contributed by atoms with E-state index in [0.29, 0.717) is 15.8 Å². The van der Waals surface area contributed by atoms with Crippen LogP contribution in [-0.4, -0.2) is 15.5 Å². The molecule has 1 aromatic carbocycles. The minimum absolute atomic E-state index is 0.0759. The second kappa shape index (κ2) is 6.52. The predicted molar refractivity (Wildman–Crippen MR) is 91.6 cm³/mol. The smallest absolute Gasteiger partial charge is 0.262 e. The van der Waals surface area contributed by atoms with Crippen molar-refractivity contribution in [2.24, 2.45) is 0 Å². The summed E-state index contributed by atoms with van der Waals surface area (Å²) in [7, 11) is 0. The Hall–Kier alpha value is -2.54. The van der Waals surface area contributed by atoms with E-state index in [9.17, 15) is 14.0 Å². The molecule has 3 rings (SSSR count). The molecule has 5 nitrogen and oxygen atoms in total. The Kier molecular flexibility index (Phi) is 4.44. The van der Waals surface area contributed by atoms with Gasteiger partial charge in [-0.15, -0.1) is 11.3 Å². The van der Waals surface area contributed by atoms with Crippen molar-refractivity contribution in [1.29, 1.82) is 0 Å². The Balaban J connectivity index is 1.76. The molecule has 0 spiro atoms. The molecule has 24 heavy (non-hydrogen) atoms. The molecule has 0 bridgehead atoms. The van der Waals surface area contributed by atoms with Crippen molar-refractivity contribution in [3.8, 4) is 0 Å². The lowest BCUT2D eigenvalue weighted by Gasteiger charge is -2.08. The van der Waals surface area contributed by atoms with E-state index in [0.717, 1.165) is 10.4 Å². The molecule has 7 heteroatoms. The minimum atomic E-state index is -0.373. The summed E-state index contributed by atoms with van der Waals surface area (Å²) in [6, 6.07) is 6.24. The third-order valence-electron chi connectivity index (χ3n) is 3.90. The van der Waals surface area contributed by atoms with Crippen LogP contribution in [0.15, 0.2) is 35.4 Å². The largest absolute Gasteiger partial charge is 0.350 e. The van der Waals surface area contributed by atoms with Crippen LogP contribution in [0.4, 0.5) is 4.39 Å². The van der Waals surface area contributed by atoms with Crippen molar-refractivity contribution in [2.45, 2.75) is 26.9 Å². The maximum atomic E-state index is 13.5. The van der Waals surface area contributed by atoms with Crippen molar-refractivity contribution in [3.05, 3.63) is 62.8 Å². The first-order valence-electron chi connectivity index (χ1n) is 7.42. The average Bonchev–Trinajstić information content (AvgIpc) is 2.85. The first kappa shape index (κ1) is 16.3. The molecule has 3 aromatic rings. The zero-order valence-electron chi connectivity index (χ0n) is 13.3. The molecule has 0 saturated carbocycles. The van der Waals surface area contributed by atoms with Gasteiger partial charge in [-0.25, -0.2) is 9.37 Å². The molecule has 0 fully saturated rings. The van der Waals surface area contributed by atoms with Gasteiger partial charge in [-0.3, -0.25) is 14.2 Å². The standard InChI is InChI=1S/C17H16FN3O2S/c1-10-11(2)24-16-15(10)17(23)21(9-20-16)8-14(22)19-7-12-5-3-4-6-13(12)18/h3-6,9H,7-8H2,1-2H3,(H,19,22). The monoisotopic (exact) mass is 345 g/mol. The van der Waals surface area contributed by atoms with Crippen LogP contribution in [-0.2, 0) is 17.9 Å². The zero-order valence-corrected chi connectivity index (χ0v) is 14.1. The van der Waals surface area contributed by atoms with E-state index >= 15 is 0 Å². The Morgan fingerprint density at radius 2 is 2.08 bits per heavy atom. The molecular weight excluding hydrogens is 329 g/mol. The number of amides is 1. The van der Waals surface area contributed by atoms with Gasteiger partial charge in [0.1, 0.15) is 17.2 Å². The number of nitrogens with zero attached hydrogens (tertiary/aromatic N) is 2. The molecule has 1 N–H and O–H groups in total. The molecule has 0 aliphatic carbocycles. The second-order valence-corrected chi connectivity index (χ2v) is 6.71. The molecule has 1 amide bonds. The summed E-state index contributed by atoms with van der Waals surface area (Å²) in [4.78, 5) is 30.5. The molecule has 2 aromatic heterocycles. The number of aryl methyl sites for hydroxylation is 2. The highest BCUT2D eigenvalue weighted by molar-refractivity contribution is 7.18. The first-order chi connectivity index (χ1) is 11.5. The van der Waals surface area contributed by atoms with Crippen LogP contribution in [0.25, 0.3) is 10.2 Å². The average molecular weight is 345 g/mol. The minimum Gasteiger partial charge on any atom is -0.350 e. The molecule has 2 heterocycles. The summed E-state index contributed by atoms with van der Waals surface area (Å²) >= 11 is 1.46. The van der Waals surface area contributed by atoms with Crippen LogP contribution in [0.1, 0.15) is 16.0 Å². The maximum absolute atomic E-state index is 13.5. The van der Waals surface area contributed by atoms with E-state index in [-0.39, 0.29) is 30.4 Å². The lowest BCUT2D eigenvalue weighted by atomic mass is 10.2. The number of carbonyl (C=O) groups excluding carboxylic acids is 1. The molecular formula is C17H16FN3O2S. The maximum Gasteiger partial charge on any atom is 0.262 e. The van der Waals surface area contributed by atoms with Crippen molar-refractivity contribution in [2.75, 3.05) is 0 Å². The summed E-state index contributed by atoms with van der Waals surface area (Å²) in [5.74, 6) is -0.742. The molecule has 0 radical (unpaired) electrons. The SMILES string of the molecule is Cc1sc2ncn(CC(=O)NCc3ccccc3F)c(=O)c2c1C. The van der Waals surface area contributed by atoms with Gasteiger partial charge in [-0.2, -0.15) is 0 Å². The van der Waals surface area contributed by atoms with Gasteiger partial charge in [0, 0.05) is 17.0 Å². The predicted octanol–water partition coefficient (Wildman–Crippen LogP) is 2.53. The lowest BCUT2D eigenvalue weighted by molar-refractivity contribution is -0.121. The van der Waals surface area contributed by atoms with Gasteiger partial charge in [0.2, 0.25) is 5.91 Å². The van der Waals surface area contributed by atoms with Gasteiger partial charge in [-0.1, -0.05) is 18.2 Å². The topological polar surface area (TPSA) is 64.0 Å². The molecule has 0 unspecified atom stereocenters. The van der Waals surface area contributed by atoms with Crippen LogP contribution in [0.3, 0.4) is 0 Å². The van der Waals surface area contributed by atoms with Crippen molar-refractivity contribution < 1.29 is 9.18 Å². The Morgan fingerprint density at radius 1 is 1.33 bits per heavy atom. The van der Waals surface area contributed by atoms with E-state index in [2.05, 4.69) is 10.3 Å². The van der Waals surface area contributed by atoms with Crippen molar-refractivity contribution >= 4 is 27.5 Å². The van der Waals surface area contributed by atoms with E-state index in [4.69, 9.17) is 0 Å². The normalized spacial score (nSPS) is 11.0. The number of halogens is 1. The quantitative estimate of drug-likeness (QED) is 0.790. The van der Waals surface area contributed by atoms with Crippen molar-refractivity contribution in [3.63, 3.8) is 0 Å². The van der Waals surface area contributed by atoms with Crippen LogP contribution in [0.5, 0.6) is 0 Å². The summed E-state index contributed by atoms with van der Waals surface area (Å²) < 4.78 is 14.8. The van der Waals surface area contributed by atoms with Crippen LogP contribution in [0, 0.1) is 19.7 Å². The van der Waals surface area contributed by atoms with E-state index < -0.39 is 0 Å². The number of aromatic nitrogens is 2.